The molecule has 5 aromatic rings. The van der Waals surface area contributed by atoms with Crippen molar-refractivity contribution in [3.63, 3.8) is 0 Å². The summed E-state index contributed by atoms with van der Waals surface area (Å²) in [4.78, 5) is 8.91. The number of thiazole rings is 1. The molecule has 28 heavy (non-hydrogen) atoms. The van der Waals surface area contributed by atoms with Crippen LogP contribution < -0.4 is 5.32 Å². The summed E-state index contributed by atoms with van der Waals surface area (Å²) < 4.78 is 15.9. The highest BCUT2D eigenvalue weighted by molar-refractivity contribution is 7.21. The molecule has 1 N–H and O–H groups in total. The van der Waals surface area contributed by atoms with Crippen molar-refractivity contribution in [2.24, 2.45) is 0 Å². The summed E-state index contributed by atoms with van der Waals surface area (Å²) >= 11 is 7.59. The summed E-state index contributed by atoms with van der Waals surface area (Å²) in [5.74, 6) is -0.337. The SMILES string of the molecule is Fc1cc(-c2nc3ccccc3s2)ccc1Nc1ccnc2cc(Cl)ccc12. The molecule has 0 saturated carbocycles. The fourth-order valence-electron chi connectivity index (χ4n) is 3.12. The van der Waals surface area contributed by atoms with Gasteiger partial charge in [-0.3, -0.25) is 4.98 Å². The molecule has 0 amide bonds. The lowest BCUT2D eigenvalue weighted by atomic mass is 10.1. The van der Waals surface area contributed by atoms with Gasteiger partial charge >= 0.3 is 0 Å². The minimum atomic E-state index is -0.337. The third-order valence-corrected chi connectivity index (χ3v) is 5.80. The third kappa shape index (κ3) is 3.09. The smallest absolute Gasteiger partial charge is 0.147 e. The predicted octanol–water partition coefficient (Wildman–Crippen LogP) is 7.05. The number of aromatic nitrogens is 2. The zero-order chi connectivity index (χ0) is 19.1. The maximum Gasteiger partial charge on any atom is 0.147 e. The summed E-state index contributed by atoms with van der Waals surface area (Å²) in [6.07, 6.45) is 1.67. The van der Waals surface area contributed by atoms with Gasteiger partial charge in [-0.15, -0.1) is 11.3 Å². The number of anilines is 2. The highest BCUT2D eigenvalue weighted by atomic mass is 35.5. The van der Waals surface area contributed by atoms with Gasteiger partial charge in [-0.1, -0.05) is 23.7 Å². The van der Waals surface area contributed by atoms with Crippen LogP contribution in [0.2, 0.25) is 5.02 Å². The lowest BCUT2D eigenvalue weighted by molar-refractivity contribution is 0.632. The third-order valence-electron chi connectivity index (χ3n) is 4.48. The minimum Gasteiger partial charge on any atom is -0.353 e. The number of rotatable bonds is 3. The van der Waals surface area contributed by atoms with Crippen molar-refractivity contribution in [1.82, 2.24) is 9.97 Å². The van der Waals surface area contributed by atoms with E-state index in [1.165, 1.54) is 6.07 Å². The van der Waals surface area contributed by atoms with Gasteiger partial charge in [0.2, 0.25) is 0 Å². The second kappa shape index (κ2) is 6.86. The number of nitrogens with zero attached hydrogens (tertiary/aromatic N) is 2. The second-order valence-corrected chi connectivity index (χ2v) is 7.79. The van der Waals surface area contributed by atoms with Gasteiger partial charge in [-0.2, -0.15) is 0 Å². The van der Waals surface area contributed by atoms with Gasteiger partial charge in [0, 0.05) is 27.9 Å². The molecule has 136 valence electrons. The Bertz CT molecular complexity index is 1300. The average molecular weight is 406 g/mol. The Labute approximate surface area is 169 Å². The largest absolute Gasteiger partial charge is 0.353 e. The molecular formula is C22H13ClFN3S. The molecule has 0 spiro atoms. The second-order valence-electron chi connectivity index (χ2n) is 6.33. The highest BCUT2D eigenvalue weighted by Crippen LogP contribution is 2.33. The first-order chi connectivity index (χ1) is 13.7. The fourth-order valence-corrected chi connectivity index (χ4v) is 4.25. The molecule has 0 aliphatic rings. The zero-order valence-electron chi connectivity index (χ0n) is 14.5. The van der Waals surface area contributed by atoms with Crippen molar-refractivity contribution in [3.8, 4) is 10.6 Å². The molecule has 0 saturated heterocycles. The Hall–Kier alpha value is -3.02. The van der Waals surface area contributed by atoms with Gasteiger partial charge in [-0.25, -0.2) is 9.37 Å². The first-order valence-corrected chi connectivity index (χ1v) is 9.84. The Balaban J connectivity index is 1.50. The van der Waals surface area contributed by atoms with E-state index >= 15 is 0 Å². The molecule has 2 aromatic heterocycles. The van der Waals surface area contributed by atoms with Crippen molar-refractivity contribution in [2.45, 2.75) is 0 Å². The summed E-state index contributed by atoms with van der Waals surface area (Å²) in [6.45, 7) is 0. The Morgan fingerprint density at radius 2 is 1.79 bits per heavy atom. The van der Waals surface area contributed by atoms with E-state index in [2.05, 4.69) is 15.3 Å². The van der Waals surface area contributed by atoms with Crippen LogP contribution in [0.15, 0.2) is 72.9 Å². The van der Waals surface area contributed by atoms with Crippen LogP contribution in [0.5, 0.6) is 0 Å². The topological polar surface area (TPSA) is 37.8 Å². The molecule has 5 rings (SSSR count). The number of benzene rings is 3. The van der Waals surface area contributed by atoms with Crippen LogP contribution in [0.1, 0.15) is 0 Å². The zero-order valence-corrected chi connectivity index (χ0v) is 16.1. The quantitative estimate of drug-likeness (QED) is 0.349. The molecule has 0 bridgehead atoms. The van der Waals surface area contributed by atoms with Gasteiger partial charge in [0.05, 0.1) is 21.4 Å². The molecular weight excluding hydrogens is 393 g/mol. The van der Waals surface area contributed by atoms with Gasteiger partial charge in [0.25, 0.3) is 0 Å². The van der Waals surface area contributed by atoms with Gasteiger partial charge in [0.15, 0.2) is 0 Å². The van der Waals surface area contributed by atoms with Gasteiger partial charge in [-0.05, 0) is 54.6 Å². The van der Waals surface area contributed by atoms with Crippen LogP contribution in [0.4, 0.5) is 15.8 Å². The maximum absolute atomic E-state index is 14.8. The molecule has 0 fully saturated rings. The van der Waals surface area contributed by atoms with Crippen molar-refractivity contribution >= 4 is 55.4 Å². The van der Waals surface area contributed by atoms with Crippen LogP contribution in [0, 0.1) is 5.82 Å². The molecule has 6 heteroatoms. The standard InChI is InChI=1S/C22H13ClFN3S/c23-14-6-7-15-17(9-10-25-20(15)12-14)26-18-8-5-13(11-16(18)24)22-27-19-3-1-2-4-21(19)28-22/h1-12H,(H,25,26). The van der Waals surface area contributed by atoms with Crippen molar-refractivity contribution in [1.29, 1.82) is 0 Å². The Morgan fingerprint density at radius 1 is 0.893 bits per heavy atom. The summed E-state index contributed by atoms with van der Waals surface area (Å²) in [6, 6.07) is 20.3. The van der Waals surface area contributed by atoms with E-state index < -0.39 is 0 Å². The highest BCUT2D eigenvalue weighted by Gasteiger charge is 2.11. The summed E-state index contributed by atoms with van der Waals surface area (Å²) in [7, 11) is 0. The predicted molar refractivity (Wildman–Crippen MR) is 115 cm³/mol. The lowest BCUT2D eigenvalue weighted by Gasteiger charge is -2.11. The molecule has 0 atom stereocenters. The lowest BCUT2D eigenvalue weighted by Crippen LogP contribution is -1.96. The fraction of sp³-hybridized carbons (Fsp3) is 0. The summed E-state index contributed by atoms with van der Waals surface area (Å²) in [5.41, 5.74) is 3.60. The van der Waals surface area contributed by atoms with Crippen molar-refractivity contribution in [2.75, 3.05) is 5.32 Å². The van der Waals surface area contributed by atoms with Gasteiger partial charge < -0.3 is 5.32 Å². The maximum atomic E-state index is 14.8. The molecule has 3 aromatic carbocycles. The van der Waals surface area contributed by atoms with Crippen molar-refractivity contribution in [3.05, 3.63) is 83.8 Å². The molecule has 0 aliphatic carbocycles. The molecule has 0 radical (unpaired) electrons. The first kappa shape index (κ1) is 17.1. The number of hydrogen-bond acceptors (Lipinski definition) is 4. The number of halogens is 2. The molecule has 0 aliphatic heterocycles. The number of para-hydroxylation sites is 1. The number of hydrogen-bond donors (Lipinski definition) is 1. The van der Waals surface area contributed by atoms with Crippen LogP contribution in [-0.4, -0.2) is 9.97 Å². The molecule has 0 unspecified atom stereocenters. The Morgan fingerprint density at radius 3 is 2.64 bits per heavy atom. The van der Waals surface area contributed by atoms with E-state index in [1.54, 1.807) is 35.7 Å². The number of fused-ring (bicyclic) bond motifs is 2. The van der Waals surface area contributed by atoms with E-state index in [4.69, 9.17) is 11.6 Å². The Kier molecular flexibility index (Phi) is 4.19. The van der Waals surface area contributed by atoms with Gasteiger partial charge in [0.1, 0.15) is 10.8 Å². The number of nitrogens with one attached hydrogen (secondary N) is 1. The van der Waals surface area contributed by atoms with Crippen molar-refractivity contribution < 1.29 is 4.39 Å². The summed E-state index contributed by atoms with van der Waals surface area (Å²) in [5, 5.41) is 5.46. The van der Waals surface area contributed by atoms with E-state index in [0.29, 0.717) is 10.7 Å². The van der Waals surface area contributed by atoms with Crippen LogP contribution in [0.25, 0.3) is 31.7 Å². The monoisotopic (exact) mass is 405 g/mol. The number of pyridine rings is 1. The first-order valence-electron chi connectivity index (χ1n) is 8.64. The van der Waals surface area contributed by atoms with E-state index in [0.717, 1.165) is 37.4 Å². The average Bonchev–Trinajstić information content (AvgIpc) is 3.13. The van der Waals surface area contributed by atoms with Crippen LogP contribution >= 0.6 is 22.9 Å². The van der Waals surface area contributed by atoms with Crippen LogP contribution in [0.3, 0.4) is 0 Å². The molecule has 3 nitrogen and oxygen atoms in total. The van der Waals surface area contributed by atoms with E-state index in [1.807, 2.05) is 42.5 Å². The molecule has 2 heterocycles. The normalized spacial score (nSPS) is 11.2. The minimum absolute atomic E-state index is 0.337. The van der Waals surface area contributed by atoms with Crippen LogP contribution in [-0.2, 0) is 0 Å². The van der Waals surface area contributed by atoms with E-state index in [9.17, 15) is 4.39 Å². The van der Waals surface area contributed by atoms with E-state index in [-0.39, 0.29) is 5.82 Å².